The van der Waals surface area contributed by atoms with Crippen LogP contribution in [0.1, 0.15) is 25.6 Å². The zero-order chi connectivity index (χ0) is 22.5. The van der Waals surface area contributed by atoms with Crippen molar-refractivity contribution in [1.82, 2.24) is 24.8 Å². The first-order valence-electron chi connectivity index (χ1n) is 10.2. The molecule has 0 saturated carbocycles. The molecule has 2 aliphatic rings. The van der Waals surface area contributed by atoms with Gasteiger partial charge in [-0.2, -0.15) is 0 Å². The van der Waals surface area contributed by atoms with Gasteiger partial charge in [0.15, 0.2) is 35.1 Å². The molecule has 0 spiro atoms. The number of carbonyl (C=O) groups is 1. The highest BCUT2D eigenvalue weighted by Gasteiger charge is 2.58. The van der Waals surface area contributed by atoms with Crippen molar-refractivity contribution in [3.8, 4) is 0 Å². The van der Waals surface area contributed by atoms with Gasteiger partial charge in [0.2, 0.25) is 0 Å². The molecule has 5 rings (SSSR count). The van der Waals surface area contributed by atoms with Crippen LogP contribution in [0.4, 0.5) is 5.82 Å². The molecule has 1 amide bonds. The summed E-state index contributed by atoms with van der Waals surface area (Å²) in [6.45, 7) is 4.25. The molecule has 10 nitrogen and oxygen atoms in total. The van der Waals surface area contributed by atoms with Crippen LogP contribution in [0.3, 0.4) is 0 Å². The topological polar surface area (TPSA) is 112 Å². The Morgan fingerprint density at radius 1 is 1.22 bits per heavy atom. The molecule has 4 heterocycles. The summed E-state index contributed by atoms with van der Waals surface area (Å²) < 4.78 is 21.1. The van der Waals surface area contributed by atoms with Gasteiger partial charge in [-0.25, -0.2) is 15.0 Å². The second-order valence-electron chi connectivity index (χ2n) is 8.16. The van der Waals surface area contributed by atoms with E-state index in [0.29, 0.717) is 23.5 Å². The van der Waals surface area contributed by atoms with Crippen molar-refractivity contribution in [3.63, 3.8) is 0 Å². The summed E-state index contributed by atoms with van der Waals surface area (Å²) in [6, 6.07) is 8.22. The van der Waals surface area contributed by atoms with Gasteiger partial charge in [-0.3, -0.25) is 9.36 Å². The van der Waals surface area contributed by atoms with Crippen molar-refractivity contribution >= 4 is 45.5 Å². The predicted octanol–water partition coefficient (Wildman–Crippen LogP) is 2.21. The molecule has 2 aliphatic heterocycles. The second kappa shape index (κ2) is 8.21. The number of anilines is 1. The number of likely N-dealkylation sites (N-methyl/N-ethyl adjacent to an activating group) is 1. The van der Waals surface area contributed by atoms with Gasteiger partial charge in [0.25, 0.3) is 5.91 Å². The third kappa shape index (κ3) is 3.83. The minimum atomic E-state index is -0.824. The molecule has 32 heavy (non-hydrogen) atoms. The van der Waals surface area contributed by atoms with E-state index in [9.17, 15) is 4.79 Å². The van der Waals surface area contributed by atoms with E-state index in [1.54, 1.807) is 17.9 Å². The zero-order valence-electron chi connectivity index (χ0n) is 17.8. The van der Waals surface area contributed by atoms with Gasteiger partial charge in [0.1, 0.15) is 18.5 Å². The summed E-state index contributed by atoms with van der Waals surface area (Å²) >= 11 is 2.29. The van der Waals surface area contributed by atoms with Crippen molar-refractivity contribution in [2.24, 2.45) is 0 Å². The summed E-state index contributed by atoms with van der Waals surface area (Å²) in [7, 11) is 1.57. The van der Waals surface area contributed by atoms with Gasteiger partial charge in [-0.1, -0.05) is 12.1 Å². The van der Waals surface area contributed by atoms with Crippen LogP contribution in [0.25, 0.3) is 11.2 Å². The van der Waals surface area contributed by atoms with Gasteiger partial charge in [-0.05, 0) is 54.1 Å². The van der Waals surface area contributed by atoms with Crippen molar-refractivity contribution < 1.29 is 19.0 Å². The van der Waals surface area contributed by atoms with Crippen LogP contribution in [0.5, 0.6) is 0 Å². The number of hydrogen-bond donors (Lipinski definition) is 2. The lowest BCUT2D eigenvalue weighted by Gasteiger charge is -2.24. The molecule has 0 bridgehead atoms. The molecule has 1 aromatic carbocycles. The average molecular weight is 550 g/mol. The fourth-order valence-corrected chi connectivity index (χ4v) is 4.76. The first kappa shape index (κ1) is 21.5. The maximum absolute atomic E-state index is 12.4. The minimum absolute atomic E-state index is 0.261. The molecule has 2 saturated heterocycles. The van der Waals surface area contributed by atoms with E-state index >= 15 is 0 Å². The first-order chi connectivity index (χ1) is 15.4. The summed E-state index contributed by atoms with van der Waals surface area (Å²) in [5.74, 6) is -0.467. The number of nitrogens with zero attached hydrogens (tertiary/aromatic N) is 4. The maximum Gasteiger partial charge on any atom is 0.251 e. The largest absolute Gasteiger partial charge is 0.364 e. The highest BCUT2D eigenvalue weighted by atomic mass is 127. The van der Waals surface area contributed by atoms with Crippen LogP contribution in [0.2, 0.25) is 0 Å². The number of nitrogens with one attached hydrogen (secondary N) is 2. The molecule has 0 aliphatic carbocycles. The normalized spacial score (nSPS) is 26.2. The molecule has 3 aromatic rings. The molecule has 2 N–H and O–H groups in total. The number of aromatic nitrogens is 4. The molecule has 0 radical (unpaired) electrons. The van der Waals surface area contributed by atoms with Crippen LogP contribution < -0.4 is 10.6 Å². The van der Waals surface area contributed by atoms with Crippen LogP contribution in [-0.2, 0) is 25.5 Å². The van der Waals surface area contributed by atoms with Crippen LogP contribution in [-0.4, -0.2) is 56.6 Å². The third-order valence-corrected chi connectivity index (χ3v) is 6.19. The summed E-state index contributed by atoms with van der Waals surface area (Å²) in [4.78, 5) is 25.7. The zero-order valence-corrected chi connectivity index (χ0v) is 19.9. The van der Waals surface area contributed by atoms with Crippen molar-refractivity contribution in [2.75, 3.05) is 12.4 Å². The predicted molar refractivity (Wildman–Crippen MR) is 124 cm³/mol. The van der Waals surface area contributed by atoms with E-state index in [0.717, 1.165) is 5.56 Å². The Morgan fingerprint density at radius 3 is 2.81 bits per heavy atom. The molecule has 2 aromatic heterocycles. The Bertz CT molecular complexity index is 1170. The maximum atomic E-state index is 12.4. The number of halogens is 1. The standard InChI is InChI=1S/C21H23IN6O4/c1-21(2)31-14-15(19(29)23-3)30-20(16(14)32-21)28-10-27-13-17(25-9-26-18(13)28)24-8-11-5-4-6-12(22)7-11/h4-7,9-10,14-16,20H,8H2,1-3H3,(H,23,29)(H,24,25,26). The number of hydrogen-bond acceptors (Lipinski definition) is 8. The number of amides is 1. The third-order valence-electron chi connectivity index (χ3n) is 5.52. The molecular weight excluding hydrogens is 527 g/mol. The van der Waals surface area contributed by atoms with Crippen LogP contribution >= 0.6 is 22.6 Å². The Morgan fingerprint density at radius 2 is 2.03 bits per heavy atom. The smallest absolute Gasteiger partial charge is 0.251 e. The van der Waals surface area contributed by atoms with Gasteiger partial charge in [0, 0.05) is 17.2 Å². The van der Waals surface area contributed by atoms with Crippen molar-refractivity contribution in [2.45, 2.75) is 50.7 Å². The second-order valence-corrected chi connectivity index (χ2v) is 9.40. The van der Waals surface area contributed by atoms with E-state index in [2.05, 4.69) is 60.3 Å². The number of benzene rings is 1. The highest BCUT2D eigenvalue weighted by Crippen LogP contribution is 2.43. The average Bonchev–Trinajstić information content (AvgIpc) is 3.42. The van der Waals surface area contributed by atoms with E-state index in [4.69, 9.17) is 14.2 Å². The highest BCUT2D eigenvalue weighted by molar-refractivity contribution is 14.1. The lowest BCUT2D eigenvalue weighted by atomic mass is 10.1. The van der Waals surface area contributed by atoms with E-state index in [1.807, 2.05) is 26.0 Å². The Kier molecular flexibility index (Phi) is 5.51. The first-order valence-corrected chi connectivity index (χ1v) is 11.3. The van der Waals surface area contributed by atoms with Crippen LogP contribution in [0.15, 0.2) is 36.9 Å². The molecule has 11 heteroatoms. The van der Waals surface area contributed by atoms with Crippen molar-refractivity contribution in [1.29, 1.82) is 0 Å². The summed E-state index contributed by atoms with van der Waals surface area (Å²) in [5, 5.41) is 5.97. The van der Waals surface area contributed by atoms with Gasteiger partial charge in [-0.15, -0.1) is 0 Å². The fraction of sp³-hybridized carbons (Fsp3) is 0.429. The van der Waals surface area contributed by atoms with Crippen LogP contribution in [0, 0.1) is 3.57 Å². The lowest BCUT2D eigenvalue weighted by Crippen LogP contribution is -2.41. The minimum Gasteiger partial charge on any atom is -0.364 e. The van der Waals surface area contributed by atoms with E-state index < -0.39 is 30.3 Å². The molecule has 2 fully saturated rings. The van der Waals surface area contributed by atoms with Crippen molar-refractivity contribution in [3.05, 3.63) is 46.1 Å². The molecule has 168 valence electrons. The van der Waals surface area contributed by atoms with Gasteiger partial charge < -0.3 is 24.8 Å². The molecule has 4 unspecified atom stereocenters. The number of fused-ring (bicyclic) bond motifs is 2. The van der Waals surface area contributed by atoms with Gasteiger partial charge >= 0.3 is 0 Å². The number of carbonyl (C=O) groups excluding carboxylic acids is 1. The Labute approximate surface area is 198 Å². The number of imidazole rings is 1. The fourth-order valence-electron chi connectivity index (χ4n) is 4.15. The monoisotopic (exact) mass is 550 g/mol. The number of ether oxygens (including phenoxy) is 3. The Balaban J connectivity index is 1.45. The lowest BCUT2D eigenvalue weighted by molar-refractivity contribution is -0.197. The SMILES string of the molecule is CNC(=O)C1OC(n2cnc3c(NCc4cccc(I)c4)ncnc32)C2OC(C)(C)OC12. The van der Waals surface area contributed by atoms with E-state index in [-0.39, 0.29) is 5.91 Å². The van der Waals surface area contributed by atoms with E-state index in [1.165, 1.54) is 9.90 Å². The summed E-state index contributed by atoms with van der Waals surface area (Å²) in [6.07, 6.45) is 0.686. The molecule has 4 atom stereocenters. The quantitative estimate of drug-likeness (QED) is 0.466. The Hall–Kier alpha value is -2.35. The number of rotatable bonds is 5. The molecular formula is C21H23IN6O4. The summed E-state index contributed by atoms with van der Waals surface area (Å²) in [5.41, 5.74) is 2.33. The van der Waals surface area contributed by atoms with Gasteiger partial charge in [0.05, 0.1) is 6.33 Å².